The number of ether oxygens (including phenoxy) is 1. The maximum Gasteiger partial charge on any atom is 0.341 e. The molecule has 0 radical (unpaired) electrons. The molecule has 0 aliphatic rings. The molecule has 0 saturated carbocycles. The van der Waals surface area contributed by atoms with Gasteiger partial charge in [-0.3, -0.25) is 0 Å². The highest BCUT2D eigenvalue weighted by Crippen LogP contribution is 2.33. The number of benzene rings is 2. The van der Waals surface area contributed by atoms with Crippen molar-refractivity contribution in [3.63, 3.8) is 0 Å². The number of carbonyl (C=O) groups is 1. The third-order valence-electron chi connectivity index (χ3n) is 4.16. The lowest BCUT2D eigenvalue weighted by Crippen LogP contribution is -2.20. The van der Waals surface area contributed by atoms with E-state index in [4.69, 9.17) is 17.0 Å². The van der Waals surface area contributed by atoms with E-state index in [9.17, 15) is 4.79 Å². The van der Waals surface area contributed by atoms with Crippen molar-refractivity contribution >= 4 is 56.7 Å². The zero-order chi connectivity index (χ0) is 20.8. The Kier molecular flexibility index (Phi) is 6.69. The largest absolute Gasteiger partial charge is 0.465 e. The van der Waals surface area contributed by atoms with Crippen molar-refractivity contribution in [1.82, 2.24) is 0 Å². The molecule has 8 heteroatoms. The normalized spacial score (nSPS) is 10.7. The van der Waals surface area contributed by atoms with Gasteiger partial charge >= 0.3 is 5.97 Å². The molecule has 2 N–H and O–H groups in total. The van der Waals surface area contributed by atoms with Gasteiger partial charge in [-0.15, -0.1) is 11.3 Å². The zero-order valence-electron chi connectivity index (χ0n) is 16.2. The van der Waals surface area contributed by atoms with Gasteiger partial charge in [0, 0.05) is 10.6 Å². The Morgan fingerprint density at radius 1 is 0.966 bits per heavy atom. The first-order valence-electron chi connectivity index (χ1n) is 8.81. The summed E-state index contributed by atoms with van der Waals surface area (Å²) in [4.78, 5) is 13.1. The second kappa shape index (κ2) is 9.40. The summed E-state index contributed by atoms with van der Waals surface area (Å²) in [6, 6.07) is 16.9. The van der Waals surface area contributed by atoms with Crippen LogP contribution in [0.3, 0.4) is 0 Å². The van der Waals surface area contributed by atoms with Gasteiger partial charge in [0.2, 0.25) is 0 Å². The van der Waals surface area contributed by atoms with Gasteiger partial charge in [0.15, 0.2) is 5.11 Å². The Labute approximate surface area is 178 Å². The van der Waals surface area contributed by atoms with Gasteiger partial charge in [-0.2, -0.15) is 10.2 Å². The second-order valence-corrected chi connectivity index (χ2v) is 7.77. The number of esters is 1. The lowest BCUT2D eigenvalue weighted by atomic mass is 10.1. The van der Waals surface area contributed by atoms with E-state index in [1.54, 1.807) is 0 Å². The molecule has 3 aromatic rings. The van der Waals surface area contributed by atoms with Crippen LogP contribution in [0.2, 0.25) is 0 Å². The van der Waals surface area contributed by atoms with Crippen LogP contribution < -0.4 is 10.6 Å². The van der Waals surface area contributed by atoms with Gasteiger partial charge < -0.3 is 15.4 Å². The van der Waals surface area contributed by atoms with Crippen molar-refractivity contribution in [3.05, 3.63) is 70.6 Å². The quantitative estimate of drug-likeness (QED) is 0.282. The van der Waals surface area contributed by atoms with E-state index in [0.717, 1.165) is 27.5 Å². The first kappa shape index (κ1) is 20.6. The topological polar surface area (TPSA) is 75.1 Å². The molecule has 29 heavy (non-hydrogen) atoms. The third kappa shape index (κ3) is 5.24. The van der Waals surface area contributed by atoms with Crippen LogP contribution in [0.4, 0.5) is 22.1 Å². The van der Waals surface area contributed by atoms with E-state index in [2.05, 4.69) is 20.9 Å². The fourth-order valence-corrected chi connectivity index (χ4v) is 3.89. The predicted octanol–water partition coefficient (Wildman–Crippen LogP) is 6.38. The van der Waals surface area contributed by atoms with E-state index in [0.29, 0.717) is 15.7 Å². The van der Waals surface area contributed by atoms with Crippen LogP contribution in [0.25, 0.3) is 0 Å². The number of carbonyl (C=O) groups excluding carboxylic acids is 1. The van der Waals surface area contributed by atoms with Crippen molar-refractivity contribution in [2.75, 3.05) is 17.7 Å². The van der Waals surface area contributed by atoms with Crippen LogP contribution in [0, 0.1) is 13.8 Å². The smallest absolute Gasteiger partial charge is 0.341 e. The molecule has 0 aliphatic carbocycles. The minimum atomic E-state index is -0.384. The van der Waals surface area contributed by atoms with Gasteiger partial charge in [-0.05, 0) is 68.0 Å². The third-order valence-corrected chi connectivity index (χ3v) is 5.49. The number of hydrogen-bond acceptors (Lipinski definition) is 6. The molecule has 2 aromatic carbocycles. The maximum atomic E-state index is 12.1. The van der Waals surface area contributed by atoms with Crippen molar-refractivity contribution < 1.29 is 9.53 Å². The van der Waals surface area contributed by atoms with Gasteiger partial charge in [0.1, 0.15) is 5.00 Å². The standard InChI is InChI=1S/C21H20N4O2S2/c1-13-14(2)29-19(18(13)20(26)27-3)23-21(28)22-15-9-11-17(12-10-15)25-24-16-7-5-4-6-8-16/h4-12H,1-3H3,(H2,22,23,28). The van der Waals surface area contributed by atoms with Gasteiger partial charge in [0.05, 0.1) is 24.0 Å². The lowest BCUT2D eigenvalue weighted by molar-refractivity contribution is 0.0601. The Hall–Kier alpha value is -3.10. The summed E-state index contributed by atoms with van der Waals surface area (Å²) in [5.41, 5.74) is 3.72. The number of thiophene rings is 1. The number of nitrogens with zero attached hydrogens (tertiary/aromatic N) is 2. The van der Waals surface area contributed by atoms with Crippen LogP contribution in [-0.4, -0.2) is 18.2 Å². The lowest BCUT2D eigenvalue weighted by Gasteiger charge is -2.11. The van der Waals surface area contributed by atoms with Crippen molar-refractivity contribution in [3.8, 4) is 0 Å². The molecule has 0 aliphatic heterocycles. The molecular formula is C21H20N4O2S2. The van der Waals surface area contributed by atoms with E-state index in [-0.39, 0.29) is 5.97 Å². The second-order valence-electron chi connectivity index (χ2n) is 6.14. The summed E-state index contributed by atoms with van der Waals surface area (Å²) in [5, 5.41) is 15.7. The average Bonchev–Trinajstić information content (AvgIpc) is 3.00. The first-order chi connectivity index (χ1) is 14.0. The number of methoxy groups -OCH3 is 1. The highest BCUT2D eigenvalue weighted by atomic mass is 32.1. The zero-order valence-corrected chi connectivity index (χ0v) is 17.9. The molecule has 0 amide bonds. The van der Waals surface area contributed by atoms with Gasteiger partial charge in [0.25, 0.3) is 0 Å². The molecule has 0 fully saturated rings. The molecule has 6 nitrogen and oxygen atoms in total. The van der Waals surface area contributed by atoms with Crippen LogP contribution in [-0.2, 0) is 4.74 Å². The highest BCUT2D eigenvalue weighted by molar-refractivity contribution is 7.80. The Balaban J connectivity index is 1.65. The number of hydrogen-bond donors (Lipinski definition) is 2. The number of azo groups is 1. The van der Waals surface area contributed by atoms with E-state index >= 15 is 0 Å². The fraction of sp³-hybridized carbons (Fsp3) is 0.143. The van der Waals surface area contributed by atoms with E-state index in [1.165, 1.54) is 18.4 Å². The predicted molar refractivity (Wildman–Crippen MR) is 122 cm³/mol. The number of aryl methyl sites for hydroxylation is 1. The molecule has 1 aromatic heterocycles. The Bertz CT molecular complexity index is 1040. The Morgan fingerprint density at radius 2 is 1.59 bits per heavy atom. The molecule has 0 atom stereocenters. The van der Waals surface area contributed by atoms with Gasteiger partial charge in [-0.1, -0.05) is 18.2 Å². The summed E-state index contributed by atoms with van der Waals surface area (Å²) in [7, 11) is 1.37. The molecule has 0 bridgehead atoms. The average molecular weight is 425 g/mol. The van der Waals surface area contributed by atoms with Crippen LogP contribution in [0.1, 0.15) is 20.8 Å². The summed E-state index contributed by atoms with van der Waals surface area (Å²) in [6.45, 7) is 3.85. The molecule has 0 spiro atoms. The molecule has 0 saturated heterocycles. The van der Waals surface area contributed by atoms with Crippen molar-refractivity contribution in [1.29, 1.82) is 0 Å². The van der Waals surface area contributed by atoms with Gasteiger partial charge in [-0.25, -0.2) is 4.79 Å². The summed E-state index contributed by atoms with van der Waals surface area (Å²) >= 11 is 6.85. The molecule has 148 valence electrons. The molecular weight excluding hydrogens is 404 g/mol. The van der Waals surface area contributed by atoms with Crippen molar-refractivity contribution in [2.45, 2.75) is 13.8 Å². The summed E-state index contributed by atoms with van der Waals surface area (Å²) in [5.74, 6) is -0.384. The monoisotopic (exact) mass is 424 g/mol. The minimum absolute atomic E-state index is 0.384. The molecule has 0 unspecified atom stereocenters. The SMILES string of the molecule is COC(=O)c1c(NC(=S)Nc2ccc(N=Nc3ccccc3)cc2)sc(C)c1C. The summed E-state index contributed by atoms with van der Waals surface area (Å²) in [6.07, 6.45) is 0. The minimum Gasteiger partial charge on any atom is -0.465 e. The van der Waals surface area contributed by atoms with Crippen LogP contribution >= 0.6 is 23.6 Å². The number of anilines is 2. The fourth-order valence-electron chi connectivity index (χ4n) is 2.55. The summed E-state index contributed by atoms with van der Waals surface area (Å²) < 4.78 is 4.88. The molecule has 3 rings (SSSR count). The number of nitrogens with one attached hydrogen (secondary N) is 2. The first-order valence-corrected chi connectivity index (χ1v) is 10.0. The molecule has 1 heterocycles. The van der Waals surface area contributed by atoms with E-state index < -0.39 is 0 Å². The number of thiocarbonyl (C=S) groups is 1. The van der Waals surface area contributed by atoms with Crippen LogP contribution in [0.5, 0.6) is 0 Å². The van der Waals surface area contributed by atoms with E-state index in [1.807, 2.05) is 68.4 Å². The highest BCUT2D eigenvalue weighted by Gasteiger charge is 2.20. The maximum absolute atomic E-state index is 12.1. The van der Waals surface area contributed by atoms with Crippen molar-refractivity contribution in [2.24, 2.45) is 10.2 Å². The Morgan fingerprint density at radius 3 is 2.21 bits per heavy atom. The number of rotatable bonds is 5. The van der Waals surface area contributed by atoms with Crippen LogP contribution in [0.15, 0.2) is 64.8 Å².